The summed E-state index contributed by atoms with van der Waals surface area (Å²) in [5.74, 6) is 0. The number of rotatable bonds is 4. The Hall–Kier alpha value is -2.15. The Morgan fingerprint density at radius 2 is 1.05 bits per heavy atom. The molecule has 0 amide bonds. The Kier molecular flexibility index (Phi) is 4.24. The highest BCUT2D eigenvalue weighted by Crippen LogP contribution is 2.42. The first-order chi connectivity index (χ1) is 10.7. The third-order valence-corrected chi connectivity index (χ3v) is 6.80. The van der Waals surface area contributed by atoms with E-state index in [2.05, 4.69) is 0 Å². The van der Waals surface area contributed by atoms with Gasteiger partial charge in [-0.15, -0.1) is 0 Å². The van der Waals surface area contributed by atoms with Crippen LogP contribution in [0.4, 0.5) is 0 Å². The zero-order chi connectivity index (χ0) is 15.4. The van der Waals surface area contributed by atoms with Crippen LogP contribution in [0.15, 0.2) is 84.9 Å². The third kappa shape index (κ3) is 2.64. The first kappa shape index (κ1) is 14.8. The second-order valence-electron chi connectivity index (χ2n) is 5.10. The molecule has 110 valence electrons. The van der Waals surface area contributed by atoms with Crippen molar-refractivity contribution in [3.63, 3.8) is 0 Å². The topological polar surface area (TPSA) is 37.3 Å². The lowest BCUT2D eigenvalue weighted by atomic mass is 10.2. The zero-order valence-corrected chi connectivity index (χ0v) is 13.0. The molecule has 0 saturated heterocycles. The van der Waals surface area contributed by atoms with Gasteiger partial charge in [0.25, 0.3) is 0 Å². The van der Waals surface area contributed by atoms with E-state index >= 15 is 0 Å². The molecule has 0 heterocycles. The van der Waals surface area contributed by atoms with Crippen LogP contribution in [0.5, 0.6) is 0 Å². The molecule has 0 aliphatic rings. The highest BCUT2D eigenvalue weighted by Gasteiger charge is 2.29. The molecule has 3 rings (SSSR count). The number of hydrogen-bond donors (Lipinski definition) is 1. The maximum absolute atomic E-state index is 14.0. The number of benzene rings is 3. The van der Waals surface area contributed by atoms with Gasteiger partial charge in [0.1, 0.15) is 0 Å². The van der Waals surface area contributed by atoms with Crippen LogP contribution < -0.4 is 15.9 Å². The highest BCUT2D eigenvalue weighted by atomic mass is 31.2. The van der Waals surface area contributed by atoms with Crippen LogP contribution in [0.3, 0.4) is 0 Å². The number of aliphatic hydroxyl groups excluding tert-OH is 1. The van der Waals surface area contributed by atoms with Crippen molar-refractivity contribution in [2.24, 2.45) is 0 Å². The molecule has 0 radical (unpaired) electrons. The lowest BCUT2D eigenvalue weighted by molar-refractivity contribution is 0.282. The fraction of sp³-hybridized carbons (Fsp3) is 0.0526. The Morgan fingerprint density at radius 3 is 1.45 bits per heavy atom. The first-order valence-corrected chi connectivity index (χ1v) is 8.87. The van der Waals surface area contributed by atoms with E-state index in [0.29, 0.717) is 0 Å². The monoisotopic (exact) mass is 308 g/mol. The SMILES string of the molecule is O=P(c1ccccc1)(c1ccccc1)c1ccc(CO)cc1. The molecule has 22 heavy (non-hydrogen) atoms. The quantitative estimate of drug-likeness (QED) is 0.753. The van der Waals surface area contributed by atoms with Crippen molar-refractivity contribution in [1.29, 1.82) is 0 Å². The number of hydrogen-bond acceptors (Lipinski definition) is 2. The van der Waals surface area contributed by atoms with E-state index in [1.165, 1.54) is 0 Å². The molecule has 2 nitrogen and oxygen atoms in total. The van der Waals surface area contributed by atoms with E-state index in [1.807, 2.05) is 84.9 Å². The van der Waals surface area contributed by atoms with Crippen LogP contribution in [0.1, 0.15) is 5.56 Å². The van der Waals surface area contributed by atoms with Crippen LogP contribution >= 0.6 is 7.14 Å². The minimum atomic E-state index is -2.89. The first-order valence-electron chi connectivity index (χ1n) is 7.17. The molecule has 0 aromatic heterocycles. The highest BCUT2D eigenvalue weighted by molar-refractivity contribution is 7.85. The lowest BCUT2D eigenvalue weighted by Crippen LogP contribution is -2.24. The van der Waals surface area contributed by atoms with Gasteiger partial charge >= 0.3 is 0 Å². The summed E-state index contributed by atoms with van der Waals surface area (Å²) in [6, 6.07) is 26.5. The summed E-state index contributed by atoms with van der Waals surface area (Å²) in [6.07, 6.45) is 0. The van der Waals surface area contributed by atoms with Gasteiger partial charge in [0, 0.05) is 15.9 Å². The van der Waals surface area contributed by atoms with Crippen LogP contribution in [-0.2, 0) is 11.2 Å². The average Bonchev–Trinajstić information content (AvgIpc) is 2.62. The van der Waals surface area contributed by atoms with Gasteiger partial charge in [-0.2, -0.15) is 0 Å². The molecule has 0 saturated carbocycles. The van der Waals surface area contributed by atoms with Crippen LogP contribution in [0.25, 0.3) is 0 Å². The van der Waals surface area contributed by atoms with Crippen molar-refractivity contribution in [3.8, 4) is 0 Å². The van der Waals surface area contributed by atoms with Crippen LogP contribution in [-0.4, -0.2) is 5.11 Å². The summed E-state index contributed by atoms with van der Waals surface area (Å²) in [6.45, 7) is -0.0126. The predicted molar refractivity (Wildman–Crippen MR) is 91.8 cm³/mol. The Bertz CT molecular complexity index is 737. The number of aliphatic hydroxyl groups is 1. The van der Waals surface area contributed by atoms with Crippen LogP contribution in [0.2, 0.25) is 0 Å². The smallest absolute Gasteiger partial charge is 0.171 e. The van der Waals surface area contributed by atoms with Crippen molar-refractivity contribution >= 4 is 23.1 Å². The molecule has 0 atom stereocenters. The normalized spacial score (nSPS) is 11.3. The van der Waals surface area contributed by atoms with Crippen LogP contribution in [0, 0.1) is 0 Å². The molecule has 1 N–H and O–H groups in total. The average molecular weight is 308 g/mol. The standard InChI is InChI=1S/C19H17O2P/c20-15-16-11-13-19(14-12-16)22(21,17-7-3-1-4-8-17)18-9-5-2-6-10-18/h1-14,20H,15H2. The summed E-state index contributed by atoms with van der Waals surface area (Å²) < 4.78 is 14.0. The van der Waals surface area contributed by atoms with E-state index in [-0.39, 0.29) is 6.61 Å². The largest absolute Gasteiger partial charge is 0.392 e. The van der Waals surface area contributed by atoms with Gasteiger partial charge in [-0.1, -0.05) is 84.9 Å². The van der Waals surface area contributed by atoms with E-state index in [4.69, 9.17) is 0 Å². The third-order valence-electron chi connectivity index (χ3n) is 3.72. The molecule has 0 bridgehead atoms. The second-order valence-corrected chi connectivity index (χ2v) is 7.87. The molecular formula is C19H17O2P. The van der Waals surface area contributed by atoms with E-state index in [1.54, 1.807) is 0 Å². The minimum Gasteiger partial charge on any atom is -0.392 e. The molecule has 0 unspecified atom stereocenters. The molecule has 0 aliphatic carbocycles. The van der Waals surface area contributed by atoms with E-state index in [9.17, 15) is 9.67 Å². The van der Waals surface area contributed by atoms with Crippen molar-refractivity contribution in [3.05, 3.63) is 90.5 Å². The maximum atomic E-state index is 14.0. The maximum Gasteiger partial charge on any atom is 0.171 e. The zero-order valence-electron chi connectivity index (χ0n) is 12.1. The molecular weight excluding hydrogens is 291 g/mol. The van der Waals surface area contributed by atoms with Crippen molar-refractivity contribution in [1.82, 2.24) is 0 Å². The van der Waals surface area contributed by atoms with Gasteiger partial charge in [-0.3, -0.25) is 0 Å². The summed E-state index contributed by atoms with van der Waals surface area (Å²) in [5.41, 5.74) is 0.816. The van der Waals surface area contributed by atoms with Gasteiger partial charge in [0.15, 0.2) is 7.14 Å². The van der Waals surface area contributed by atoms with Crippen molar-refractivity contribution < 1.29 is 9.67 Å². The van der Waals surface area contributed by atoms with E-state index in [0.717, 1.165) is 21.5 Å². The van der Waals surface area contributed by atoms with Gasteiger partial charge in [-0.25, -0.2) is 0 Å². The Morgan fingerprint density at radius 1 is 0.636 bits per heavy atom. The molecule has 3 aromatic rings. The summed E-state index contributed by atoms with van der Waals surface area (Å²) in [5, 5.41) is 11.6. The van der Waals surface area contributed by atoms with Crippen molar-refractivity contribution in [2.75, 3.05) is 0 Å². The lowest BCUT2D eigenvalue weighted by Gasteiger charge is -2.20. The molecule has 0 fully saturated rings. The summed E-state index contributed by atoms with van der Waals surface area (Å²) in [4.78, 5) is 0. The van der Waals surface area contributed by atoms with Gasteiger partial charge in [-0.05, 0) is 5.56 Å². The predicted octanol–water partition coefficient (Wildman–Crippen LogP) is 2.82. The molecule has 3 heteroatoms. The second kappa shape index (κ2) is 6.31. The fourth-order valence-electron chi connectivity index (χ4n) is 2.53. The fourth-order valence-corrected chi connectivity index (χ4v) is 5.18. The van der Waals surface area contributed by atoms with Crippen molar-refractivity contribution in [2.45, 2.75) is 6.61 Å². The summed E-state index contributed by atoms with van der Waals surface area (Å²) >= 11 is 0. The van der Waals surface area contributed by atoms with Gasteiger partial charge in [0.05, 0.1) is 6.61 Å². The Balaban J connectivity index is 2.21. The van der Waals surface area contributed by atoms with E-state index < -0.39 is 7.14 Å². The molecule has 0 aliphatic heterocycles. The minimum absolute atomic E-state index is 0.0126. The molecule has 3 aromatic carbocycles. The molecule has 0 spiro atoms. The van der Waals surface area contributed by atoms with Gasteiger partial charge < -0.3 is 9.67 Å². The summed E-state index contributed by atoms with van der Waals surface area (Å²) in [7, 11) is -2.89. The Labute approximate surface area is 130 Å². The van der Waals surface area contributed by atoms with Gasteiger partial charge in [0.2, 0.25) is 0 Å².